The van der Waals surface area contributed by atoms with E-state index in [1.165, 1.54) is 0 Å². The SMILES string of the molecule is CCCN(C)c1ccc(C(=O)N2CCC(c3nnc4n3CCNC4)CC2)cc1. The van der Waals surface area contributed by atoms with Crippen LogP contribution in [0.15, 0.2) is 24.3 Å². The fraction of sp³-hybridized carbons (Fsp3) is 0.571. The monoisotopic (exact) mass is 382 g/mol. The number of rotatable bonds is 5. The lowest BCUT2D eigenvalue weighted by Gasteiger charge is -2.32. The van der Waals surface area contributed by atoms with Gasteiger partial charge in [-0.3, -0.25) is 4.79 Å². The van der Waals surface area contributed by atoms with Crippen LogP contribution in [0.4, 0.5) is 5.69 Å². The van der Waals surface area contributed by atoms with Gasteiger partial charge in [-0.15, -0.1) is 10.2 Å². The summed E-state index contributed by atoms with van der Waals surface area (Å²) in [6.07, 6.45) is 3.02. The van der Waals surface area contributed by atoms with Crippen molar-refractivity contribution < 1.29 is 4.79 Å². The van der Waals surface area contributed by atoms with Gasteiger partial charge in [0.15, 0.2) is 0 Å². The number of anilines is 1. The minimum Gasteiger partial charge on any atom is -0.375 e. The van der Waals surface area contributed by atoms with Crippen LogP contribution in [0.2, 0.25) is 0 Å². The van der Waals surface area contributed by atoms with E-state index in [4.69, 9.17) is 0 Å². The summed E-state index contributed by atoms with van der Waals surface area (Å²) in [6, 6.07) is 8.01. The summed E-state index contributed by atoms with van der Waals surface area (Å²) in [7, 11) is 2.09. The Balaban J connectivity index is 1.37. The third kappa shape index (κ3) is 3.76. The first-order chi connectivity index (χ1) is 13.7. The zero-order valence-corrected chi connectivity index (χ0v) is 16.9. The van der Waals surface area contributed by atoms with E-state index >= 15 is 0 Å². The van der Waals surface area contributed by atoms with Crippen molar-refractivity contribution in [2.45, 2.75) is 45.2 Å². The summed E-state index contributed by atoms with van der Waals surface area (Å²) in [5.41, 5.74) is 1.93. The fourth-order valence-electron chi connectivity index (χ4n) is 4.26. The number of hydrogen-bond donors (Lipinski definition) is 1. The highest BCUT2D eigenvalue weighted by Gasteiger charge is 2.29. The third-order valence-electron chi connectivity index (χ3n) is 5.91. The van der Waals surface area contributed by atoms with Gasteiger partial charge in [-0.05, 0) is 43.5 Å². The van der Waals surface area contributed by atoms with Crippen molar-refractivity contribution in [3.05, 3.63) is 41.5 Å². The molecule has 0 spiro atoms. The minimum atomic E-state index is 0.135. The molecule has 150 valence electrons. The topological polar surface area (TPSA) is 66.3 Å². The van der Waals surface area contributed by atoms with E-state index in [0.29, 0.717) is 5.92 Å². The first-order valence-electron chi connectivity index (χ1n) is 10.4. The maximum atomic E-state index is 12.9. The molecule has 1 N–H and O–H groups in total. The highest BCUT2D eigenvalue weighted by molar-refractivity contribution is 5.94. The molecule has 0 bridgehead atoms. The molecule has 4 rings (SSSR count). The van der Waals surface area contributed by atoms with E-state index in [1.54, 1.807) is 0 Å². The average Bonchev–Trinajstić information content (AvgIpc) is 3.18. The molecule has 0 aliphatic carbocycles. The Labute approximate surface area is 166 Å². The summed E-state index contributed by atoms with van der Waals surface area (Å²) >= 11 is 0. The molecule has 0 saturated carbocycles. The highest BCUT2D eigenvalue weighted by Crippen LogP contribution is 2.28. The Morgan fingerprint density at radius 1 is 1.18 bits per heavy atom. The maximum absolute atomic E-state index is 12.9. The molecule has 2 aliphatic heterocycles. The smallest absolute Gasteiger partial charge is 0.253 e. The molecule has 2 aliphatic rings. The van der Waals surface area contributed by atoms with Gasteiger partial charge in [0.25, 0.3) is 5.91 Å². The Morgan fingerprint density at radius 2 is 1.93 bits per heavy atom. The summed E-state index contributed by atoms with van der Waals surface area (Å²) in [5.74, 6) is 2.67. The third-order valence-corrected chi connectivity index (χ3v) is 5.91. The second-order valence-electron chi connectivity index (χ2n) is 7.84. The van der Waals surface area contributed by atoms with Gasteiger partial charge in [0.05, 0.1) is 6.54 Å². The van der Waals surface area contributed by atoms with Crippen LogP contribution in [0, 0.1) is 0 Å². The molecule has 1 aromatic heterocycles. The number of amides is 1. The zero-order valence-electron chi connectivity index (χ0n) is 16.9. The van der Waals surface area contributed by atoms with Gasteiger partial charge >= 0.3 is 0 Å². The van der Waals surface area contributed by atoms with Crippen LogP contribution in [0.3, 0.4) is 0 Å². The molecule has 0 unspecified atom stereocenters. The molecule has 1 fully saturated rings. The van der Waals surface area contributed by atoms with Crippen molar-refractivity contribution in [1.82, 2.24) is 25.0 Å². The lowest BCUT2D eigenvalue weighted by molar-refractivity contribution is 0.0710. The lowest BCUT2D eigenvalue weighted by atomic mass is 9.95. The highest BCUT2D eigenvalue weighted by atomic mass is 16.2. The number of hydrogen-bond acceptors (Lipinski definition) is 5. The maximum Gasteiger partial charge on any atom is 0.253 e. The minimum absolute atomic E-state index is 0.135. The van der Waals surface area contributed by atoms with Crippen molar-refractivity contribution in [3.63, 3.8) is 0 Å². The van der Waals surface area contributed by atoms with E-state index in [2.05, 4.69) is 39.0 Å². The number of likely N-dealkylation sites (tertiary alicyclic amines) is 1. The molecular formula is C21H30N6O. The summed E-state index contributed by atoms with van der Waals surface area (Å²) in [5, 5.41) is 12.1. The van der Waals surface area contributed by atoms with Crippen LogP contribution >= 0.6 is 0 Å². The van der Waals surface area contributed by atoms with Crippen LogP contribution in [-0.4, -0.2) is 58.8 Å². The van der Waals surface area contributed by atoms with Crippen molar-refractivity contribution in [2.75, 3.05) is 38.1 Å². The van der Waals surface area contributed by atoms with Gasteiger partial charge in [-0.1, -0.05) is 6.92 Å². The molecule has 1 aromatic carbocycles. The standard InChI is InChI=1S/C21H30N6O/c1-3-11-25(2)18-6-4-17(5-7-18)21(28)26-12-8-16(9-13-26)20-24-23-19-15-22-10-14-27(19)20/h4-7,16,22H,3,8-15H2,1-2H3. The Morgan fingerprint density at radius 3 is 2.64 bits per heavy atom. The van der Waals surface area contributed by atoms with Crippen molar-refractivity contribution >= 4 is 11.6 Å². The Bertz CT molecular complexity index is 807. The van der Waals surface area contributed by atoms with Gasteiger partial charge in [0.1, 0.15) is 11.6 Å². The summed E-state index contributed by atoms with van der Waals surface area (Å²) in [6.45, 7) is 7.46. The van der Waals surface area contributed by atoms with E-state index < -0.39 is 0 Å². The fourth-order valence-corrected chi connectivity index (χ4v) is 4.26. The van der Waals surface area contributed by atoms with Crippen LogP contribution in [0.5, 0.6) is 0 Å². The number of benzene rings is 1. The predicted molar refractivity (Wildman–Crippen MR) is 110 cm³/mol. The van der Waals surface area contributed by atoms with E-state index in [1.807, 2.05) is 29.2 Å². The largest absolute Gasteiger partial charge is 0.375 e. The number of aromatic nitrogens is 3. The molecule has 7 heteroatoms. The van der Waals surface area contributed by atoms with Crippen LogP contribution in [-0.2, 0) is 13.1 Å². The van der Waals surface area contributed by atoms with Crippen LogP contribution < -0.4 is 10.2 Å². The van der Waals surface area contributed by atoms with E-state index in [0.717, 1.165) is 81.4 Å². The number of fused-ring (bicyclic) bond motifs is 1. The van der Waals surface area contributed by atoms with Crippen LogP contribution in [0.1, 0.15) is 54.1 Å². The van der Waals surface area contributed by atoms with Gasteiger partial charge < -0.3 is 19.7 Å². The van der Waals surface area contributed by atoms with Gasteiger partial charge in [0, 0.05) is 56.9 Å². The Kier molecular flexibility index (Phi) is 5.62. The molecule has 0 radical (unpaired) electrons. The Hall–Kier alpha value is -2.41. The number of carbonyl (C=O) groups excluding carboxylic acids is 1. The normalized spacial score (nSPS) is 17.4. The number of piperidine rings is 1. The second-order valence-corrected chi connectivity index (χ2v) is 7.84. The molecule has 0 atom stereocenters. The molecular weight excluding hydrogens is 352 g/mol. The number of carbonyl (C=O) groups is 1. The molecule has 3 heterocycles. The number of nitrogens with one attached hydrogen (secondary N) is 1. The van der Waals surface area contributed by atoms with Gasteiger partial charge in [-0.2, -0.15) is 0 Å². The van der Waals surface area contributed by atoms with Crippen LogP contribution in [0.25, 0.3) is 0 Å². The molecule has 1 amide bonds. The van der Waals surface area contributed by atoms with Gasteiger partial charge in [0.2, 0.25) is 0 Å². The summed E-state index contributed by atoms with van der Waals surface area (Å²) in [4.78, 5) is 17.1. The van der Waals surface area contributed by atoms with Crippen molar-refractivity contribution in [3.8, 4) is 0 Å². The molecule has 2 aromatic rings. The van der Waals surface area contributed by atoms with E-state index in [-0.39, 0.29) is 5.91 Å². The molecule has 7 nitrogen and oxygen atoms in total. The van der Waals surface area contributed by atoms with Crippen molar-refractivity contribution in [2.24, 2.45) is 0 Å². The second kappa shape index (κ2) is 8.31. The first-order valence-corrected chi connectivity index (χ1v) is 10.4. The van der Waals surface area contributed by atoms with Crippen molar-refractivity contribution in [1.29, 1.82) is 0 Å². The summed E-state index contributed by atoms with van der Waals surface area (Å²) < 4.78 is 2.27. The quantitative estimate of drug-likeness (QED) is 0.859. The van der Waals surface area contributed by atoms with E-state index in [9.17, 15) is 4.79 Å². The number of nitrogens with zero attached hydrogens (tertiary/aromatic N) is 5. The first kappa shape index (κ1) is 18.9. The van der Waals surface area contributed by atoms with Gasteiger partial charge in [-0.25, -0.2) is 0 Å². The average molecular weight is 383 g/mol. The molecule has 28 heavy (non-hydrogen) atoms. The molecule has 1 saturated heterocycles. The predicted octanol–water partition coefficient (Wildman–Crippen LogP) is 2.25. The lowest BCUT2D eigenvalue weighted by Crippen LogP contribution is -2.39. The zero-order chi connectivity index (χ0) is 19.5.